The Hall–Kier alpha value is -1.91. The second-order valence-corrected chi connectivity index (χ2v) is 5.32. The van der Waals surface area contributed by atoms with Crippen molar-refractivity contribution >= 4 is 11.6 Å². The van der Waals surface area contributed by atoms with Crippen molar-refractivity contribution in [1.82, 2.24) is 4.90 Å². The van der Waals surface area contributed by atoms with Crippen LogP contribution < -0.4 is 0 Å². The Kier molecular flexibility index (Phi) is 2.97. The van der Waals surface area contributed by atoms with E-state index in [1.54, 1.807) is 6.07 Å². The summed E-state index contributed by atoms with van der Waals surface area (Å²) in [5.41, 5.74) is 1.43. The van der Waals surface area contributed by atoms with Gasteiger partial charge in [-0.1, -0.05) is 19.3 Å². The molecule has 2 aliphatic rings. The van der Waals surface area contributed by atoms with Crippen molar-refractivity contribution in [1.29, 1.82) is 0 Å². The van der Waals surface area contributed by atoms with Crippen molar-refractivity contribution in [3.63, 3.8) is 0 Å². The molecule has 19 heavy (non-hydrogen) atoms. The molecule has 5 nitrogen and oxygen atoms in total. The predicted octanol–water partition coefficient (Wildman–Crippen LogP) is 2.88. The van der Waals surface area contributed by atoms with Crippen molar-refractivity contribution in [3.8, 4) is 0 Å². The summed E-state index contributed by atoms with van der Waals surface area (Å²) in [5, 5.41) is 10.8. The Balaban J connectivity index is 1.86. The van der Waals surface area contributed by atoms with Gasteiger partial charge in [-0.05, 0) is 24.5 Å². The topological polar surface area (TPSA) is 63.4 Å². The lowest BCUT2D eigenvalue weighted by molar-refractivity contribution is -0.384. The zero-order chi connectivity index (χ0) is 13.4. The van der Waals surface area contributed by atoms with Crippen LogP contribution in [0.3, 0.4) is 0 Å². The van der Waals surface area contributed by atoms with Gasteiger partial charge in [-0.25, -0.2) is 0 Å². The zero-order valence-corrected chi connectivity index (χ0v) is 10.7. The molecule has 0 aromatic heterocycles. The highest BCUT2D eigenvalue weighted by Crippen LogP contribution is 2.32. The molecule has 1 amide bonds. The van der Waals surface area contributed by atoms with E-state index in [0.29, 0.717) is 18.2 Å². The van der Waals surface area contributed by atoms with Crippen molar-refractivity contribution < 1.29 is 9.72 Å². The average Bonchev–Trinajstić information content (AvgIpc) is 2.77. The second kappa shape index (κ2) is 4.64. The fraction of sp³-hybridized carbons (Fsp3) is 0.500. The molecular weight excluding hydrogens is 244 g/mol. The minimum Gasteiger partial charge on any atom is -0.331 e. The maximum absolute atomic E-state index is 12.4. The first-order valence-electron chi connectivity index (χ1n) is 6.75. The predicted molar refractivity (Wildman–Crippen MR) is 69.8 cm³/mol. The zero-order valence-electron chi connectivity index (χ0n) is 10.7. The van der Waals surface area contributed by atoms with Gasteiger partial charge in [0.1, 0.15) is 0 Å². The van der Waals surface area contributed by atoms with Gasteiger partial charge in [-0.2, -0.15) is 0 Å². The number of hydrogen-bond donors (Lipinski definition) is 0. The molecule has 1 saturated carbocycles. The van der Waals surface area contributed by atoms with E-state index in [-0.39, 0.29) is 11.6 Å². The number of amides is 1. The molecule has 1 fully saturated rings. The van der Waals surface area contributed by atoms with Crippen molar-refractivity contribution in [2.45, 2.75) is 44.7 Å². The van der Waals surface area contributed by atoms with Crippen LogP contribution >= 0.6 is 0 Å². The highest BCUT2D eigenvalue weighted by molar-refractivity contribution is 5.99. The summed E-state index contributed by atoms with van der Waals surface area (Å²) < 4.78 is 0. The molecule has 0 spiro atoms. The molecule has 0 radical (unpaired) electrons. The smallest absolute Gasteiger partial charge is 0.270 e. The lowest BCUT2D eigenvalue weighted by atomic mass is 9.94. The highest BCUT2D eigenvalue weighted by atomic mass is 16.6. The van der Waals surface area contributed by atoms with E-state index in [9.17, 15) is 14.9 Å². The summed E-state index contributed by atoms with van der Waals surface area (Å²) in [4.78, 5) is 24.6. The first-order chi connectivity index (χ1) is 9.16. The number of carbonyl (C=O) groups excluding carboxylic acids is 1. The molecule has 100 valence electrons. The molecule has 1 aliphatic heterocycles. The van der Waals surface area contributed by atoms with E-state index in [2.05, 4.69) is 0 Å². The second-order valence-electron chi connectivity index (χ2n) is 5.32. The number of nitro benzene ring substituents is 1. The van der Waals surface area contributed by atoms with Crippen LogP contribution in [-0.2, 0) is 6.54 Å². The molecule has 1 aromatic carbocycles. The minimum absolute atomic E-state index is 0.00223. The molecule has 0 N–H and O–H groups in total. The number of non-ortho nitro benzene ring substituents is 1. The Morgan fingerprint density at radius 3 is 2.63 bits per heavy atom. The van der Waals surface area contributed by atoms with E-state index in [1.807, 2.05) is 4.90 Å². The van der Waals surface area contributed by atoms with Crippen molar-refractivity contribution in [2.24, 2.45) is 0 Å². The Morgan fingerprint density at radius 2 is 1.95 bits per heavy atom. The summed E-state index contributed by atoms with van der Waals surface area (Å²) in [7, 11) is 0. The molecule has 0 saturated heterocycles. The summed E-state index contributed by atoms with van der Waals surface area (Å²) >= 11 is 0. The normalized spacial score (nSPS) is 19.6. The molecular formula is C14H16N2O3. The van der Waals surface area contributed by atoms with E-state index in [4.69, 9.17) is 0 Å². The SMILES string of the molecule is O=C1c2cc([N+](=O)[O-])ccc2CN1C1CCCCC1. The first kappa shape index (κ1) is 12.1. The fourth-order valence-electron chi connectivity index (χ4n) is 3.11. The minimum atomic E-state index is -0.448. The van der Waals surface area contributed by atoms with Gasteiger partial charge in [0.25, 0.3) is 11.6 Å². The van der Waals surface area contributed by atoms with Gasteiger partial charge in [0.05, 0.1) is 10.5 Å². The maximum Gasteiger partial charge on any atom is 0.270 e. The number of carbonyl (C=O) groups is 1. The monoisotopic (exact) mass is 260 g/mol. The Morgan fingerprint density at radius 1 is 1.21 bits per heavy atom. The third kappa shape index (κ3) is 2.09. The van der Waals surface area contributed by atoms with Crippen LogP contribution in [0.25, 0.3) is 0 Å². The standard InChI is InChI=1S/C14H16N2O3/c17-14-13-8-12(16(18)19)7-6-10(13)9-15(14)11-4-2-1-3-5-11/h6-8,11H,1-5,9H2. The molecule has 1 heterocycles. The van der Waals surface area contributed by atoms with Gasteiger partial charge in [-0.15, -0.1) is 0 Å². The van der Waals surface area contributed by atoms with E-state index >= 15 is 0 Å². The fourth-order valence-corrected chi connectivity index (χ4v) is 3.11. The van der Waals surface area contributed by atoms with Gasteiger partial charge in [0.15, 0.2) is 0 Å². The van der Waals surface area contributed by atoms with Crippen LogP contribution in [0.5, 0.6) is 0 Å². The Labute approximate surface area is 111 Å². The van der Waals surface area contributed by atoms with Crippen LogP contribution in [0.2, 0.25) is 0 Å². The third-order valence-electron chi connectivity index (χ3n) is 4.15. The lowest BCUT2D eigenvalue weighted by Gasteiger charge is -2.30. The van der Waals surface area contributed by atoms with E-state index in [1.165, 1.54) is 31.4 Å². The van der Waals surface area contributed by atoms with Gasteiger partial charge in [-0.3, -0.25) is 14.9 Å². The first-order valence-corrected chi connectivity index (χ1v) is 6.75. The summed E-state index contributed by atoms with van der Waals surface area (Å²) in [6.45, 7) is 0.608. The number of hydrogen-bond acceptors (Lipinski definition) is 3. The lowest BCUT2D eigenvalue weighted by Crippen LogP contribution is -2.36. The molecule has 0 atom stereocenters. The summed E-state index contributed by atoms with van der Waals surface area (Å²) in [6.07, 6.45) is 5.70. The van der Waals surface area contributed by atoms with Crippen LogP contribution in [-0.4, -0.2) is 21.8 Å². The maximum atomic E-state index is 12.4. The number of benzene rings is 1. The molecule has 0 bridgehead atoms. The molecule has 5 heteroatoms. The molecule has 1 aliphatic carbocycles. The van der Waals surface area contributed by atoms with Gasteiger partial charge in [0, 0.05) is 24.7 Å². The molecule has 3 rings (SSSR count). The Bertz CT molecular complexity index is 535. The number of fused-ring (bicyclic) bond motifs is 1. The van der Waals surface area contributed by atoms with Crippen LogP contribution in [0.4, 0.5) is 5.69 Å². The number of nitrogens with zero attached hydrogens (tertiary/aromatic N) is 2. The van der Waals surface area contributed by atoms with Crippen LogP contribution in [0.15, 0.2) is 18.2 Å². The third-order valence-corrected chi connectivity index (χ3v) is 4.15. The summed E-state index contributed by atoms with van der Waals surface area (Å²) in [6, 6.07) is 4.93. The highest BCUT2D eigenvalue weighted by Gasteiger charge is 2.34. The molecule has 0 unspecified atom stereocenters. The quantitative estimate of drug-likeness (QED) is 0.606. The largest absolute Gasteiger partial charge is 0.331 e. The van der Waals surface area contributed by atoms with E-state index in [0.717, 1.165) is 18.4 Å². The van der Waals surface area contributed by atoms with Crippen LogP contribution in [0.1, 0.15) is 48.0 Å². The number of nitro groups is 1. The van der Waals surface area contributed by atoms with Gasteiger partial charge in [0.2, 0.25) is 0 Å². The number of rotatable bonds is 2. The van der Waals surface area contributed by atoms with Gasteiger partial charge < -0.3 is 4.90 Å². The van der Waals surface area contributed by atoms with Crippen molar-refractivity contribution in [2.75, 3.05) is 0 Å². The van der Waals surface area contributed by atoms with Crippen LogP contribution in [0, 0.1) is 10.1 Å². The van der Waals surface area contributed by atoms with Gasteiger partial charge >= 0.3 is 0 Å². The average molecular weight is 260 g/mol. The molecule has 1 aromatic rings. The van der Waals surface area contributed by atoms with Crippen molar-refractivity contribution in [3.05, 3.63) is 39.4 Å². The summed E-state index contributed by atoms with van der Waals surface area (Å²) in [5.74, 6) is -0.0365. The van der Waals surface area contributed by atoms with E-state index < -0.39 is 4.92 Å².